The first-order valence-electron chi connectivity index (χ1n) is 11.7. The summed E-state index contributed by atoms with van der Waals surface area (Å²) in [5.74, 6) is 3.44. The number of fused-ring (bicyclic) bond motifs is 1. The zero-order valence-electron chi connectivity index (χ0n) is 19.9. The lowest BCUT2D eigenvalue weighted by atomic mass is 10.00. The second-order valence-electron chi connectivity index (χ2n) is 8.62. The smallest absolute Gasteiger partial charge is 0.229 e. The van der Waals surface area contributed by atoms with Crippen molar-refractivity contribution in [3.05, 3.63) is 66.5 Å². The van der Waals surface area contributed by atoms with E-state index < -0.39 is 0 Å². The first-order chi connectivity index (χ1) is 16.7. The summed E-state index contributed by atoms with van der Waals surface area (Å²) in [6.45, 7) is 9.55. The van der Waals surface area contributed by atoms with Crippen LogP contribution in [-0.4, -0.2) is 61.8 Å². The van der Waals surface area contributed by atoms with Gasteiger partial charge < -0.3 is 24.8 Å². The van der Waals surface area contributed by atoms with E-state index in [0.717, 1.165) is 80.2 Å². The summed E-state index contributed by atoms with van der Waals surface area (Å²) < 4.78 is 5.31. The van der Waals surface area contributed by atoms with Gasteiger partial charge in [-0.25, -0.2) is 0 Å². The number of nitrogens with one attached hydrogen (secondary N) is 1. The van der Waals surface area contributed by atoms with Crippen molar-refractivity contribution in [3.8, 4) is 5.75 Å². The third-order valence-electron chi connectivity index (χ3n) is 6.57. The van der Waals surface area contributed by atoms with Gasteiger partial charge in [0.2, 0.25) is 5.95 Å². The average molecular weight is 458 g/mol. The second-order valence-corrected chi connectivity index (χ2v) is 8.62. The highest BCUT2D eigenvalue weighted by Crippen LogP contribution is 2.38. The molecular formula is C26H31N7O. The Kier molecular flexibility index (Phi) is 6.20. The molecule has 5 rings (SSSR count). The van der Waals surface area contributed by atoms with E-state index in [1.165, 1.54) is 11.3 Å². The molecule has 0 bridgehead atoms. The highest BCUT2D eigenvalue weighted by molar-refractivity contribution is 5.84. The van der Waals surface area contributed by atoms with E-state index >= 15 is 0 Å². The first-order valence-corrected chi connectivity index (χ1v) is 11.7. The van der Waals surface area contributed by atoms with Crippen LogP contribution in [0.2, 0.25) is 0 Å². The van der Waals surface area contributed by atoms with E-state index in [1.54, 1.807) is 7.11 Å². The van der Waals surface area contributed by atoms with Crippen LogP contribution in [0.25, 0.3) is 5.57 Å². The van der Waals surface area contributed by atoms with Crippen LogP contribution in [0.3, 0.4) is 0 Å². The van der Waals surface area contributed by atoms with Crippen molar-refractivity contribution >= 4 is 28.8 Å². The predicted molar refractivity (Wildman–Crippen MR) is 138 cm³/mol. The molecule has 2 aliphatic rings. The topological polar surface area (TPSA) is 69.7 Å². The Hall–Kier alpha value is -3.81. The molecule has 2 aromatic heterocycles. The van der Waals surface area contributed by atoms with E-state index in [2.05, 4.69) is 55.8 Å². The molecule has 2 aliphatic heterocycles. The van der Waals surface area contributed by atoms with Gasteiger partial charge in [-0.15, -0.1) is 0 Å². The Balaban J connectivity index is 1.40. The summed E-state index contributed by atoms with van der Waals surface area (Å²) in [6, 6.07) is 12.4. The number of methoxy groups -OCH3 is 1. The number of benzene rings is 1. The van der Waals surface area contributed by atoms with E-state index in [4.69, 9.17) is 14.7 Å². The maximum Gasteiger partial charge on any atom is 0.229 e. The Labute approximate surface area is 200 Å². The fourth-order valence-corrected chi connectivity index (χ4v) is 4.64. The van der Waals surface area contributed by atoms with Crippen LogP contribution in [0.5, 0.6) is 5.75 Å². The molecule has 8 nitrogen and oxygen atoms in total. The van der Waals surface area contributed by atoms with Crippen LogP contribution in [0, 0.1) is 0 Å². The Morgan fingerprint density at radius 2 is 1.65 bits per heavy atom. The molecule has 0 atom stereocenters. The molecular weight excluding hydrogens is 426 g/mol. The summed E-state index contributed by atoms with van der Waals surface area (Å²) in [6.07, 6.45) is 4.58. The van der Waals surface area contributed by atoms with Gasteiger partial charge in [0.1, 0.15) is 17.4 Å². The van der Waals surface area contributed by atoms with Crippen molar-refractivity contribution in [2.45, 2.75) is 13.0 Å². The van der Waals surface area contributed by atoms with Gasteiger partial charge in [0.15, 0.2) is 0 Å². The summed E-state index contributed by atoms with van der Waals surface area (Å²) in [7, 11) is 3.61. The van der Waals surface area contributed by atoms with Crippen molar-refractivity contribution < 1.29 is 4.74 Å². The number of ether oxygens (including phenoxy) is 1. The zero-order chi connectivity index (χ0) is 23.5. The molecule has 1 saturated heterocycles. The average Bonchev–Trinajstić information content (AvgIpc) is 2.90. The lowest BCUT2D eigenvalue weighted by Gasteiger charge is -2.37. The van der Waals surface area contributed by atoms with Crippen LogP contribution in [0.15, 0.2) is 55.4 Å². The molecule has 8 heteroatoms. The molecule has 0 amide bonds. The van der Waals surface area contributed by atoms with Crippen molar-refractivity contribution in [3.63, 3.8) is 0 Å². The Morgan fingerprint density at radius 1 is 0.941 bits per heavy atom. The summed E-state index contributed by atoms with van der Waals surface area (Å²) in [5.41, 5.74) is 4.54. The molecule has 0 spiro atoms. The first kappa shape index (κ1) is 22.0. The van der Waals surface area contributed by atoms with Crippen LogP contribution in [0.1, 0.15) is 17.5 Å². The summed E-state index contributed by atoms with van der Waals surface area (Å²) in [4.78, 5) is 21.1. The monoisotopic (exact) mass is 457 g/mol. The molecule has 0 saturated carbocycles. The number of hydrogen-bond donors (Lipinski definition) is 1. The molecule has 0 radical (unpaired) electrons. The van der Waals surface area contributed by atoms with Gasteiger partial charge in [-0.3, -0.25) is 4.98 Å². The van der Waals surface area contributed by atoms with Gasteiger partial charge >= 0.3 is 0 Å². The van der Waals surface area contributed by atoms with Crippen LogP contribution >= 0.6 is 0 Å². The normalized spacial score (nSPS) is 15.8. The third-order valence-corrected chi connectivity index (χ3v) is 6.57. The molecule has 3 aromatic rings. The van der Waals surface area contributed by atoms with E-state index in [1.807, 2.05) is 31.6 Å². The number of anilines is 4. The maximum absolute atomic E-state index is 5.31. The minimum absolute atomic E-state index is 0.770. The molecule has 1 fully saturated rings. The standard InChI is InChI=1S/C26H31N7O/c1-19-10-13-33(18-20-4-6-22(34-3)7-5-20)25-23(19)24(27-2)29-26(30-25)32-16-14-31(15-17-32)21-8-11-28-12-9-21/h4-9,11-12H,1,10,13-18H2,2-3H3,(H,27,29,30). The molecule has 4 heterocycles. The minimum Gasteiger partial charge on any atom is -0.497 e. The number of hydrogen-bond acceptors (Lipinski definition) is 8. The van der Waals surface area contributed by atoms with Crippen molar-refractivity contribution in [1.82, 2.24) is 15.0 Å². The van der Waals surface area contributed by atoms with Crippen molar-refractivity contribution in [1.29, 1.82) is 0 Å². The molecule has 0 unspecified atom stereocenters. The SMILES string of the molecule is C=C1CCN(Cc2ccc(OC)cc2)c2nc(N3CCN(c4ccncc4)CC3)nc(NC)c21. The minimum atomic E-state index is 0.770. The van der Waals surface area contributed by atoms with Crippen LogP contribution < -0.4 is 24.8 Å². The van der Waals surface area contributed by atoms with Crippen LogP contribution in [0.4, 0.5) is 23.3 Å². The van der Waals surface area contributed by atoms with Gasteiger partial charge in [0.25, 0.3) is 0 Å². The van der Waals surface area contributed by atoms with E-state index in [-0.39, 0.29) is 0 Å². The lowest BCUT2D eigenvalue weighted by molar-refractivity contribution is 0.414. The van der Waals surface area contributed by atoms with Crippen LogP contribution in [-0.2, 0) is 6.54 Å². The van der Waals surface area contributed by atoms with E-state index in [9.17, 15) is 0 Å². The predicted octanol–water partition coefficient (Wildman–Crippen LogP) is 3.67. The van der Waals surface area contributed by atoms with Gasteiger partial charge in [-0.2, -0.15) is 9.97 Å². The molecule has 0 aliphatic carbocycles. The molecule has 34 heavy (non-hydrogen) atoms. The summed E-state index contributed by atoms with van der Waals surface area (Å²) >= 11 is 0. The number of piperazine rings is 1. The Bertz CT molecular complexity index is 1140. The van der Waals surface area contributed by atoms with Gasteiger partial charge in [0.05, 0.1) is 12.7 Å². The van der Waals surface area contributed by atoms with Gasteiger partial charge in [-0.05, 0) is 41.8 Å². The lowest BCUT2D eigenvalue weighted by Crippen LogP contribution is -2.47. The van der Waals surface area contributed by atoms with E-state index in [0.29, 0.717) is 0 Å². The van der Waals surface area contributed by atoms with Gasteiger partial charge in [-0.1, -0.05) is 18.7 Å². The largest absolute Gasteiger partial charge is 0.497 e. The molecule has 176 valence electrons. The molecule has 1 N–H and O–H groups in total. The second kappa shape index (κ2) is 9.59. The summed E-state index contributed by atoms with van der Waals surface area (Å²) in [5, 5.41) is 3.30. The number of nitrogens with zero attached hydrogens (tertiary/aromatic N) is 6. The maximum atomic E-state index is 5.31. The van der Waals surface area contributed by atoms with Gasteiger partial charge in [0, 0.05) is 64.4 Å². The quantitative estimate of drug-likeness (QED) is 0.601. The fraction of sp³-hybridized carbons (Fsp3) is 0.346. The van der Waals surface area contributed by atoms with Crippen molar-refractivity contribution in [2.75, 3.05) is 66.9 Å². The highest BCUT2D eigenvalue weighted by Gasteiger charge is 2.28. The zero-order valence-corrected chi connectivity index (χ0v) is 19.9. The number of aromatic nitrogens is 3. The Morgan fingerprint density at radius 3 is 2.32 bits per heavy atom. The number of rotatable bonds is 6. The fourth-order valence-electron chi connectivity index (χ4n) is 4.64. The highest BCUT2D eigenvalue weighted by atomic mass is 16.5. The number of pyridine rings is 1. The third kappa shape index (κ3) is 4.35. The van der Waals surface area contributed by atoms with Crippen molar-refractivity contribution in [2.24, 2.45) is 0 Å². The molecule has 1 aromatic carbocycles.